The summed E-state index contributed by atoms with van der Waals surface area (Å²) in [6, 6.07) is 6.16. The van der Waals surface area contributed by atoms with Crippen molar-refractivity contribution in [1.29, 1.82) is 0 Å². The number of carbonyl (C=O) groups is 1. The lowest BCUT2D eigenvalue weighted by molar-refractivity contribution is -0.137. The second kappa shape index (κ2) is 8.85. The Bertz CT molecular complexity index is 955. The minimum absolute atomic E-state index is 0.106. The molecule has 0 saturated carbocycles. The van der Waals surface area contributed by atoms with Crippen molar-refractivity contribution in [3.05, 3.63) is 56.5 Å². The summed E-state index contributed by atoms with van der Waals surface area (Å²) in [5.74, 6) is -0.0709. The molecule has 0 radical (unpaired) electrons. The third-order valence-electron chi connectivity index (χ3n) is 5.00. The molecule has 0 spiro atoms. The highest BCUT2D eigenvalue weighted by molar-refractivity contribution is 6.42. The molecular formula is C21H20Cl3F3N2O. The Balaban J connectivity index is 2.05. The number of carbonyl (C=O) groups excluding carboxylic acids is 1. The number of hydrogen-bond acceptors (Lipinski definition) is 2. The van der Waals surface area contributed by atoms with Gasteiger partial charge in [-0.25, -0.2) is 0 Å². The molecule has 1 aliphatic rings. The van der Waals surface area contributed by atoms with E-state index in [2.05, 4.69) is 19.2 Å². The summed E-state index contributed by atoms with van der Waals surface area (Å²) < 4.78 is 40.2. The van der Waals surface area contributed by atoms with E-state index in [0.717, 1.165) is 18.6 Å². The van der Waals surface area contributed by atoms with Crippen LogP contribution in [0.5, 0.6) is 0 Å². The van der Waals surface area contributed by atoms with Crippen molar-refractivity contribution in [1.82, 2.24) is 0 Å². The molecule has 2 aromatic carbocycles. The van der Waals surface area contributed by atoms with E-state index < -0.39 is 17.6 Å². The first-order chi connectivity index (χ1) is 14.0. The van der Waals surface area contributed by atoms with E-state index in [-0.39, 0.29) is 15.6 Å². The third-order valence-corrected chi connectivity index (χ3v) is 6.03. The highest BCUT2D eigenvalue weighted by Gasteiger charge is 2.35. The zero-order chi connectivity index (χ0) is 22.2. The number of piperidine rings is 1. The van der Waals surface area contributed by atoms with Gasteiger partial charge in [0.25, 0.3) is 5.91 Å². The molecule has 0 aromatic heterocycles. The van der Waals surface area contributed by atoms with Gasteiger partial charge in [0, 0.05) is 18.8 Å². The Morgan fingerprint density at radius 2 is 1.63 bits per heavy atom. The van der Waals surface area contributed by atoms with Crippen molar-refractivity contribution < 1.29 is 18.0 Å². The van der Waals surface area contributed by atoms with Gasteiger partial charge in [0.15, 0.2) is 0 Å². The zero-order valence-corrected chi connectivity index (χ0v) is 18.6. The normalized spacial score (nSPS) is 19.7. The van der Waals surface area contributed by atoms with Gasteiger partial charge in [-0.2, -0.15) is 13.2 Å². The van der Waals surface area contributed by atoms with E-state index in [0.29, 0.717) is 41.3 Å². The first-order valence-electron chi connectivity index (χ1n) is 9.37. The number of amides is 1. The molecule has 1 fully saturated rings. The van der Waals surface area contributed by atoms with E-state index in [1.54, 1.807) is 0 Å². The molecule has 0 bridgehead atoms. The predicted molar refractivity (Wildman–Crippen MR) is 116 cm³/mol. The van der Waals surface area contributed by atoms with Gasteiger partial charge >= 0.3 is 6.18 Å². The van der Waals surface area contributed by atoms with Crippen LogP contribution in [0.3, 0.4) is 0 Å². The Morgan fingerprint density at radius 1 is 1.00 bits per heavy atom. The molecule has 3 nitrogen and oxygen atoms in total. The summed E-state index contributed by atoms with van der Waals surface area (Å²) >= 11 is 18.2. The topological polar surface area (TPSA) is 32.3 Å². The van der Waals surface area contributed by atoms with Gasteiger partial charge in [0.2, 0.25) is 0 Å². The van der Waals surface area contributed by atoms with Crippen LogP contribution in [0.2, 0.25) is 15.1 Å². The van der Waals surface area contributed by atoms with Crippen LogP contribution >= 0.6 is 34.8 Å². The SMILES string of the molecule is CC1CC(C)CN(c2c(Cl)cc(C(F)(F)F)cc2C(=O)Nc2ccc(Cl)c(Cl)c2)C1. The second-order valence-electron chi connectivity index (χ2n) is 7.79. The van der Waals surface area contributed by atoms with Crippen molar-refractivity contribution >= 4 is 52.1 Å². The number of alkyl halides is 3. The largest absolute Gasteiger partial charge is 0.416 e. The highest BCUT2D eigenvalue weighted by Crippen LogP contribution is 2.40. The molecule has 2 atom stereocenters. The number of hydrogen-bond donors (Lipinski definition) is 1. The van der Waals surface area contributed by atoms with Gasteiger partial charge in [0.1, 0.15) is 0 Å². The van der Waals surface area contributed by atoms with Crippen molar-refractivity contribution in [2.45, 2.75) is 26.4 Å². The fourth-order valence-corrected chi connectivity index (χ4v) is 4.51. The predicted octanol–water partition coefficient (Wildman–Crippen LogP) is 7.40. The molecule has 2 aromatic rings. The fraction of sp³-hybridized carbons (Fsp3) is 0.381. The first-order valence-corrected chi connectivity index (χ1v) is 10.5. The van der Waals surface area contributed by atoms with Gasteiger partial charge in [0.05, 0.1) is 31.9 Å². The van der Waals surface area contributed by atoms with Gasteiger partial charge in [-0.3, -0.25) is 4.79 Å². The van der Waals surface area contributed by atoms with Crippen LogP contribution in [0.15, 0.2) is 30.3 Å². The van der Waals surface area contributed by atoms with Crippen LogP contribution in [0.25, 0.3) is 0 Å². The lowest BCUT2D eigenvalue weighted by Gasteiger charge is -2.38. The summed E-state index contributed by atoms with van der Waals surface area (Å²) in [6.45, 7) is 5.33. The molecule has 9 heteroatoms. The molecule has 1 amide bonds. The maximum Gasteiger partial charge on any atom is 0.416 e. The Labute approximate surface area is 188 Å². The summed E-state index contributed by atoms with van der Waals surface area (Å²) in [5.41, 5.74) is -0.495. The summed E-state index contributed by atoms with van der Waals surface area (Å²) in [4.78, 5) is 14.9. The molecule has 1 aliphatic heterocycles. The van der Waals surface area contributed by atoms with Crippen LogP contribution in [-0.4, -0.2) is 19.0 Å². The van der Waals surface area contributed by atoms with Gasteiger partial charge < -0.3 is 10.2 Å². The highest BCUT2D eigenvalue weighted by atomic mass is 35.5. The minimum Gasteiger partial charge on any atom is -0.369 e. The maximum atomic E-state index is 13.4. The molecule has 1 heterocycles. The number of benzene rings is 2. The third kappa shape index (κ3) is 5.16. The van der Waals surface area contributed by atoms with Crippen molar-refractivity contribution in [3.8, 4) is 0 Å². The standard InChI is InChI=1S/C21H20Cl3F3N2O/c1-11-5-12(2)10-29(9-11)19-15(6-13(7-18(19)24)21(25,26)27)20(30)28-14-3-4-16(22)17(23)8-14/h3-4,6-8,11-12H,5,9-10H2,1-2H3,(H,28,30). The summed E-state index contributed by atoms with van der Waals surface area (Å²) in [6.07, 6.45) is -3.64. The second-order valence-corrected chi connectivity index (χ2v) is 9.01. The van der Waals surface area contributed by atoms with E-state index in [9.17, 15) is 18.0 Å². The van der Waals surface area contributed by atoms with Crippen LogP contribution in [0.1, 0.15) is 36.2 Å². The molecule has 1 saturated heterocycles. The van der Waals surface area contributed by atoms with Gasteiger partial charge in [-0.1, -0.05) is 48.7 Å². The number of anilines is 2. The Morgan fingerprint density at radius 3 is 2.20 bits per heavy atom. The molecule has 30 heavy (non-hydrogen) atoms. The summed E-state index contributed by atoms with van der Waals surface area (Å²) in [7, 11) is 0. The maximum absolute atomic E-state index is 13.4. The van der Waals surface area contributed by atoms with Crippen molar-refractivity contribution in [3.63, 3.8) is 0 Å². The van der Waals surface area contributed by atoms with Crippen LogP contribution in [-0.2, 0) is 6.18 Å². The van der Waals surface area contributed by atoms with E-state index in [1.165, 1.54) is 18.2 Å². The Hall–Kier alpha value is -1.63. The number of rotatable bonds is 3. The van der Waals surface area contributed by atoms with Crippen LogP contribution < -0.4 is 10.2 Å². The quantitative estimate of drug-likeness (QED) is 0.497. The number of nitrogens with one attached hydrogen (secondary N) is 1. The number of halogens is 6. The molecule has 3 rings (SSSR count). The van der Waals surface area contributed by atoms with E-state index in [1.807, 2.05) is 4.90 Å². The number of nitrogens with zero attached hydrogens (tertiary/aromatic N) is 1. The zero-order valence-electron chi connectivity index (χ0n) is 16.3. The first kappa shape index (κ1) is 23.0. The average Bonchev–Trinajstić information content (AvgIpc) is 2.62. The Kier molecular flexibility index (Phi) is 6.80. The van der Waals surface area contributed by atoms with Crippen LogP contribution in [0.4, 0.5) is 24.5 Å². The van der Waals surface area contributed by atoms with Crippen LogP contribution in [0, 0.1) is 11.8 Å². The average molecular weight is 480 g/mol. The summed E-state index contributed by atoms with van der Waals surface area (Å²) in [5, 5.41) is 3.01. The molecule has 0 aliphatic carbocycles. The van der Waals surface area contributed by atoms with Crippen molar-refractivity contribution in [2.75, 3.05) is 23.3 Å². The minimum atomic E-state index is -4.64. The van der Waals surface area contributed by atoms with Gasteiger partial charge in [-0.15, -0.1) is 0 Å². The van der Waals surface area contributed by atoms with E-state index in [4.69, 9.17) is 34.8 Å². The lowest BCUT2D eigenvalue weighted by atomic mass is 9.91. The molecule has 1 N–H and O–H groups in total. The molecule has 2 unspecified atom stereocenters. The van der Waals surface area contributed by atoms with E-state index >= 15 is 0 Å². The molecule has 162 valence electrons. The molecular weight excluding hydrogens is 460 g/mol. The smallest absolute Gasteiger partial charge is 0.369 e. The fourth-order valence-electron chi connectivity index (χ4n) is 3.88. The van der Waals surface area contributed by atoms with Gasteiger partial charge in [-0.05, 0) is 48.6 Å². The van der Waals surface area contributed by atoms with Crippen molar-refractivity contribution in [2.24, 2.45) is 11.8 Å². The lowest BCUT2D eigenvalue weighted by Crippen LogP contribution is -2.40. The monoisotopic (exact) mass is 478 g/mol.